The van der Waals surface area contributed by atoms with Crippen molar-refractivity contribution in [2.45, 2.75) is 12.8 Å². The molecule has 0 aromatic rings. The number of hydrogen-bond donors (Lipinski definition) is 0. The summed E-state index contributed by atoms with van der Waals surface area (Å²) in [7, 11) is -6.00. The second-order valence-corrected chi connectivity index (χ2v) is 1.81. The van der Waals surface area contributed by atoms with Gasteiger partial charge >= 0.3 is 26.1 Å². The summed E-state index contributed by atoms with van der Waals surface area (Å²) >= 11 is 0. The van der Waals surface area contributed by atoms with Crippen molar-refractivity contribution in [2.24, 2.45) is 0 Å². The molecule has 0 unspecified atom stereocenters. The molecule has 1 heterocycles. The SMILES string of the molecule is C1CCOC1.F[B-](F)(F)F.[Li+]. The van der Waals surface area contributed by atoms with E-state index in [-0.39, 0.29) is 18.9 Å². The van der Waals surface area contributed by atoms with Crippen LogP contribution in [0.4, 0.5) is 17.3 Å². The molecule has 1 rings (SSSR count). The summed E-state index contributed by atoms with van der Waals surface area (Å²) in [5.74, 6) is 0. The Morgan fingerprint density at radius 2 is 1.18 bits per heavy atom. The van der Waals surface area contributed by atoms with Crippen molar-refractivity contribution in [3.8, 4) is 0 Å². The van der Waals surface area contributed by atoms with E-state index in [0.717, 1.165) is 13.2 Å². The normalized spacial score (nSPS) is 16.4. The zero-order chi connectivity index (χ0) is 8.04. The van der Waals surface area contributed by atoms with Gasteiger partial charge in [-0.1, -0.05) is 0 Å². The van der Waals surface area contributed by atoms with Crippen molar-refractivity contribution >= 4 is 7.25 Å². The van der Waals surface area contributed by atoms with Crippen LogP contribution >= 0.6 is 0 Å². The van der Waals surface area contributed by atoms with E-state index < -0.39 is 7.25 Å². The molecule has 1 nitrogen and oxygen atoms in total. The fourth-order valence-electron chi connectivity index (χ4n) is 0.510. The van der Waals surface area contributed by atoms with Crippen LogP contribution in [0.25, 0.3) is 0 Å². The minimum Gasteiger partial charge on any atom is -0.418 e. The van der Waals surface area contributed by atoms with Gasteiger partial charge in [0.1, 0.15) is 0 Å². The quantitative estimate of drug-likeness (QED) is 0.334. The largest absolute Gasteiger partial charge is 1.00 e. The molecule has 1 aliphatic heterocycles. The molecule has 1 fully saturated rings. The minimum atomic E-state index is -6.00. The average Bonchev–Trinajstić information content (AvgIpc) is 2.07. The fraction of sp³-hybridized carbons (Fsp3) is 1.00. The predicted octanol–water partition coefficient (Wildman–Crippen LogP) is -0.899. The van der Waals surface area contributed by atoms with E-state index in [1.54, 1.807) is 0 Å². The third kappa shape index (κ3) is 25.2. The molecule has 0 bridgehead atoms. The summed E-state index contributed by atoms with van der Waals surface area (Å²) in [6, 6.07) is 0. The predicted molar refractivity (Wildman–Crippen MR) is 30.2 cm³/mol. The fourth-order valence-corrected chi connectivity index (χ4v) is 0.510. The molecule has 0 amide bonds. The molecule has 11 heavy (non-hydrogen) atoms. The molecular formula is C4H8BF4LiO. The first-order valence-electron chi connectivity index (χ1n) is 2.95. The second kappa shape index (κ2) is 7.02. The first kappa shape index (κ1) is 13.9. The summed E-state index contributed by atoms with van der Waals surface area (Å²) in [5, 5.41) is 0. The maximum Gasteiger partial charge on any atom is 1.00 e. The van der Waals surface area contributed by atoms with Gasteiger partial charge in [-0.15, -0.1) is 0 Å². The van der Waals surface area contributed by atoms with Gasteiger partial charge < -0.3 is 22.0 Å². The number of ether oxygens (including phenoxy) is 1. The van der Waals surface area contributed by atoms with Crippen LogP contribution in [0.5, 0.6) is 0 Å². The molecule has 0 N–H and O–H groups in total. The molecule has 1 saturated heterocycles. The maximum absolute atomic E-state index is 9.75. The molecule has 0 saturated carbocycles. The molecule has 0 spiro atoms. The summed E-state index contributed by atoms with van der Waals surface area (Å²) < 4.78 is 43.9. The number of halogens is 4. The van der Waals surface area contributed by atoms with E-state index >= 15 is 0 Å². The Bertz CT molecular complexity index is 71.0. The van der Waals surface area contributed by atoms with Crippen LogP contribution in [-0.2, 0) is 4.74 Å². The van der Waals surface area contributed by atoms with Crippen molar-refractivity contribution in [1.82, 2.24) is 0 Å². The van der Waals surface area contributed by atoms with Gasteiger partial charge in [-0.25, -0.2) is 0 Å². The summed E-state index contributed by atoms with van der Waals surface area (Å²) in [6.45, 7) is 2.00. The van der Waals surface area contributed by atoms with Gasteiger partial charge in [-0.2, -0.15) is 0 Å². The first-order chi connectivity index (χ1) is 4.50. The average molecular weight is 166 g/mol. The van der Waals surface area contributed by atoms with Gasteiger partial charge in [0.2, 0.25) is 0 Å². The Hall–Kier alpha value is 0.342. The van der Waals surface area contributed by atoms with Gasteiger partial charge in [0, 0.05) is 13.2 Å². The van der Waals surface area contributed by atoms with Gasteiger partial charge in [0.25, 0.3) is 0 Å². The third-order valence-electron chi connectivity index (χ3n) is 0.827. The Balaban J connectivity index is 0. The molecule has 0 aromatic heterocycles. The summed E-state index contributed by atoms with van der Waals surface area (Å²) in [4.78, 5) is 0. The first-order valence-corrected chi connectivity index (χ1v) is 2.95. The van der Waals surface area contributed by atoms with Crippen molar-refractivity contribution in [2.75, 3.05) is 13.2 Å². The van der Waals surface area contributed by atoms with E-state index in [4.69, 9.17) is 4.74 Å². The van der Waals surface area contributed by atoms with Crippen LogP contribution in [0, 0.1) is 0 Å². The van der Waals surface area contributed by atoms with Gasteiger partial charge in [0.05, 0.1) is 0 Å². The summed E-state index contributed by atoms with van der Waals surface area (Å²) in [5.41, 5.74) is 0. The van der Waals surface area contributed by atoms with E-state index in [1.807, 2.05) is 0 Å². The molecule has 7 heteroatoms. The second-order valence-electron chi connectivity index (χ2n) is 1.81. The van der Waals surface area contributed by atoms with Crippen LogP contribution < -0.4 is 18.9 Å². The van der Waals surface area contributed by atoms with Crippen molar-refractivity contribution in [3.05, 3.63) is 0 Å². The smallest absolute Gasteiger partial charge is 0.418 e. The van der Waals surface area contributed by atoms with Crippen LogP contribution in [0.3, 0.4) is 0 Å². The Morgan fingerprint density at radius 3 is 1.27 bits per heavy atom. The zero-order valence-corrected chi connectivity index (χ0v) is 6.33. The molecule has 0 aromatic carbocycles. The Kier molecular flexibility index (Phi) is 8.87. The molecule has 0 atom stereocenters. The van der Waals surface area contributed by atoms with E-state index in [9.17, 15) is 17.3 Å². The molecule has 0 radical (unpaired) electrons. The van der Waals surface area contributed by atoms with Gasteiger partial charge in [-0.3, -0.25) is 0 Å². The standard InChI is InChI=1S/C4H8O.BF4.Li/c1-2-4-5-3-1;2-1(3,4)5;/h1-4H2;;/q;-1;+1. The number of hydrogen-bond acceptors (Lipinski definition) is 1. The monoisotopic (exact) mass is 166 g/mol. The molecule has 1 aliphatic rings. The topological polar surface area (TPSA) is 9.23 Å². The van der Waals surface area contributed by atoms with Crippen molar-refractivity contribution in [1.29, 1.82) is 0 Å². The summed E-state index contributed by atoms with van der Waals surface area (Å²) in [6.07, 6.45) is 2.56. The van der Waals surface area contributed by atoms with E-state index in [2.05, 4.69) is 0 Å². The van der Waals surface area contributed by atoms with Crippen molar-refractivity contribution < 1.29 is 40.9 Å². The van der Waals surface area contributed by atoms with Crippen LogP contribution in [0.15, 0.2) is 0 Å². The van der Waals surface area contributed by atoms with Crippen LogP contribution in [0.1, 0.15) is 12.8 Å². The Morgan fingerprint density at radius 1 is 0.909 bits per heavy atom. The number of rotatable bonds is 0. The van der Waals surface area contributed by atoms with Gasteiger partial charge in [0.15, 0.2) is 0 Å². The zero-order valence-electron chi connectivity index (χ0n) is 6.33. The molecule has 62 valence electrons. The van der Waals surface area contributed by atoms with E-state index in [0.29, 0.717) is 0 Å². The van der Waals surface area contributed by atoms with Crippen LogP contribution in [-0.4, -0.2) is 20.5 Å². The van der Waals surface area contributed by atoms with Gasteiger partial charge in [-0.05, 0) is 12.8 Å². The van der Waals surface area contributed by atoms with E-state index in [1.165, 1.54) is 12.8 Å². The minimum absolute atomic E-state index is 0. The van der Waals surface area contributed by atoms with Crippen molar-refractivity contribution in [3.63, 3.8) is 0 Å². The van der Waals surface area contributed by atoms with Crippen LogP contribution in [0.2, 0.25) is 0 Å². The Labute approximate surface area is 74.8 Å². The third-order valence-corrected chi connectivity index (χ3v) is 0.827. The molecule has 0 aliphatic carbocycles. The maximum atomic E-state index is 9.75. The molecular weight excluding hydrogens is 158 g/mol.